The molecular weight excluding hydrogens is 295 g/mol. The molecule has 0 saturated heterocycles. The summed E-state index contributed by atoms with van der Waals surface area (Å²) in [7, 11) is 0. The van der Waals surface area contributed by atoms with E-state index in [-0.39, 0.29) is 0 Å². The Bertz CT molecular complexity index is 718. The van der Waals surface area contributed by atoms with Crippen LogP contribution in [0.4, 0.5) is 0 Å². The van der Waals surface area contributed by atoms with E-state index in [0.29, 0.717) is 26.7 Å². The zero-order valence-electron chi connectivity index (χ0n) is 8.81. The molecule has 0 amide bonds. The summed E-state index contributed by atoms with van der Waals surface area (Å²) in [4.78, 5) is 3.94. The van der Waals surface area contributed by atoms with Gasteiger partial charge in [-0.1, -0.05) is 34.8 Å². The minimum atomic E-state index is 0.296. The standard InChI is InChI=1S/C11H5Cl3N4/c12-7-3-6(4-8(13)5-7)10-16-17-11-9(14)15-1-2-18(10)11/h1-5H. The van der Waals surface area contributed by atoms with Gasteiger partial charge in [-0.05, 0) is 18.2 Å². The molecule has 3 aromatic rings. The molecule has 0 fully saturated rings. The Hall–Kier alpha value is -1.36. The molecule has 4 nitrogen and oxygen atoms in total. The van der Waals surface area contributed by atoms with Gasteiger partial charge in [-0.2, -0.15) is 0 Å². The maximum Gasteiger partial charge on any atom is 0.198 e. The van der Waals surface area contributed by atoms with Crippen molar-refractivity contribution in [3.05, 3.63) is 45.8 Å². The topological polar surface area (TPSA) is 43.1 Å². The SMILES string of the molecule is Clc1cc(Cl)cc(-c2nnc3c(Cl)nccn23)c1. The van der Waals surface area contributed by atoms with E-state index < -0.39 is 0 Å². The van der Waals surface area contributed by atoms with Gasteiger partial charge in [0.1, 0.15) is 0 Å². The van der Waals surface area contributed by atoms with Crippen molar-refractivity contribution >= 4 is 40.4 Å². The maximum absolute atomic E-state index is 5.97. The molecule has 0 aliphatic rings. The first-order valence-corrected chi connectivity index (χ1v) is 6.10. The van der Waals surface area contributed by atoms with Crippen LogP contribution in [0.1, 0.15) is 0 Å². The van der Waals surface area contributed by atoms with Crippen molar-refractivity contribution < 1.29 is 0 Å². The molecule has 0 unspecified atom stereocenters. The smallest absolute Gasteiger partial charge is 0.198 e. The zero-order valence-corrected chi connectivity index (χ0v) is 11.1. The highest BCUT2D eigenvalue weighted by atomic mass is 35.5. The fourth-order valence-corrected chi connectivity index (χ4v) is 2.39. The van der Waals surface area contributed by atoms with Crippen LogP contribution in [0, 0.1) is 0 Å². The van der Waals surface area contributed by atoms with Crippen LogP contribution in [0.25, 0.3) is 17.0 Å². The summed E-state index contributed by atoms with van der Waals surface area (Å²) >= 11 is 17.9. The molecule has 0 bridgehead atoms. The van der Waals surface area contributed by atoms with Gasteiger partial charge >= 0.3 is 0 Å². The largest absolute Gasteiger partial charge is 0.278 e. The molecule has 0 saturated carbocycles. The number of aromatic nitrogens is 4. The summed E-state index contributed by atoms with van der Waals surface area (Å²) < 4.78 is 1.73. The highest BCUT2D eigenvalue weighted by molar-refractivity contribution is 6.35. The van der Waals surface area contributed by atoms with E-state index in [4.69, 9.17) is 34.8 Å². The van der Waals surface area contributed by atoms with Crippen LogP contribution in [0.2, 0.25) is 15.2 Å². The number of nitrogens with zero attached hydrogens (tertiary/aromatic N) is 4. The average Bonchev–Trinajstić information content (AvgIpc) is 2.73. The van der Waals surface area contributed by atoms with E-state index in [1.54, 1.807) is 35.0 Å². The number of halogens is 3. The van der Waals surface area contributed by atoms with Gasteiger partial charge in [0, 0.05) is 28.0 Å². The van der Waals surface area contributed by atoms with Crippen LogP contribution in [0.3, 0.4) is 0 Å². The van der Waals surface area contributed by atoms with Crippen molar-refractivity contribution in [1.82, 2.24) is 19.6 Å². The van der Waals surface area contributed by atoms with Crippen LogP contribution in [-0.4, -0.2) is 19.6 Å². The number of benzene rings is 1. The van der Waals surface area contributed by atoms with Gasteiger partial charge < -0.3 is 0 Å². The summed E-state index contributed by atoms with van der Waals surface area (Å²) in [5.74, 6) is 0.610. The maximum atomic E-state index is 5.97. The first-order valence-electron chi connectivity index (χ1n) is 4.97. The van der Waals surface area contributed by atoms with Gasteiger partial charge in [0.2, 0.25) is 0 Å². The second-order valence-corrected chi connectivity index (χ2v) is 4.82. The number of rotatable bonds is 1. The molecule has 90 valence electrons. The summed E-state index contributed by atoms with van der Waals surface area (Å²) in [6.07, 6.45) is 3.31. The predicted molar refractivity (Wildman–Crippen MR) is 71.2 cm³/mol. The van der Waals surface area contributed by atoms with E-state index in [2.05, 4.69) is 15.2 Å². The third-order valence-corrected chi connectivity index (χ3v) is 3.11. The minimum Gasteiger partial charge on any atom is -0.278 e. The van der Waals surface area contributed by atoms with Crippen molar-refractivity contribution in [3.8, 4) is 11.4 Å². The Labute approximate surface area is 117 Å². The highest BCUT2D eigenvalue weighted by Crippen LogP contribution is 2.27. The Morgan fingerprint density at radius 3 is 2.39 bits per heavy atom. The van der Waals surface area contributed by atoms with Crippen LogP contribution >= 0.6 is 34.8 Å². The highest BCUT2D eigenvalue weighted by Gasteiger charge is 2.11. The third kappa shape index (κ3) is 1.92. The van der Waals surface area contributed by atoms with Gasteiger partial charge in [-0.3, -0.25) is 4.40 Å². The first-order chi connectivity index (χ1) is 8.65. The summed E-state index contributed by atoms with van der Waals surface area (Å²) in [6, 6.07) is 5.18. The molecule has 2 aromatic heterocycles. The summed E-state index contributed by atoms with van der Waals surface area (Å²) in [5, 5.41) is 9.43. The van der Waals surface area contributed by atoms with E-state index in [1.807, 2.05) is 0 Å². The van der Waals surface area contributed by atoms with E-state index in [1.165, 1.54) is 0 Å². The molecule has 0 radical (unpaired) electrons. The number of fused-ring (bicyclic) bond motifs is 1. The second-order valence-electron chi connectivity index (χ2n) is 3.59. The minimum absolute atomic E-state index is 0.296. The Morgan fingerprint density at radius 1 is 0.944 bits per heavy atom. The predicted octanol–water partition coefficient (Wildman–Crippen LogP) is 3.75. The Kier molecular flexibility index (Phi) is 2.86. The fraction of sp³-hybridized carbons (Fsp3) is 0. The lowest BCUT2D eigenvalue weighted by Gasteiger charge is -2.02. The molecule has 0 aliphatic heterocycles. The van der Waals surface area contributed by atoms with Gasteiger partial charge in [-0.15, -0.1) is 10.2 Å². The summed E-state index contributed by atoms with van der Waals surface area (Å²) in [5.41, 5.74) is 1.26. The number of hydrogen-bond acceptors (Lipinski definition) is 3. The van der Waals surface area contributed by atoms with Gasteiger partial charge in [-0.25, -0.2) is 4.98 Å². The van der Waals surface area contributed by atoms with Crippen LogP contribution in [0.5, 0.6) is 0 Å². The molecule has 0 spiro atoms. The van der Waals surface area contributed by atoms with E-state index >= 15 is 0 Å². The lowest BCUT2D eigenvalue weighted by molar-refractivity contribution is 1.11. The average molecular weight is 300 g/mol. The Morgan fingerprint density at radius 2 is 1.67 bits per heavy atom. The van der Waals surface area contributed by atoms with Gasteiger partial charge in [0.15, 0.2) is 16.6 Å². The van der Waals surface area contributed by atoms with Crippen molar-refractivity contribution in [2.75, 3.05) is 0 Å². The molecule has 0 N–H and O–H groups in total. The van der Waals surface area contributed by atoms with Crippen molar-refractivity contribution in [2.45, 2.75) is 0 Å². The molecule has 3 rings (SSSR count). The third-order valence-electron chi connectivity index (χ3n) is 2.40. The first kappa shape index (κ1) is 11.7. The van der Waals surface area contributed by atoms with Crippen LogP contribution in [0.15, 0.2) is 30.6 Å². The van der Waals surface area contributed by atoms with Crippen molar-refractivity contribution in [2.24, 2.45) is 0 Å². The van der Waals surface area contributed by atoms with E-state index in [9.17, 15) is 0 Å². The molecule has 18 heavy (non-hydrogen) atoms. The van der Waals surface area contributed by atoms with Crippen molar-refractivity contribution in [3.63, 3.8) is 0 Å². The normalized spacial score (nSPS) is 11.1. The number of hydrogen-bond donors (Lipinski definition) is 0. The molecule has 0 aliphatic carbocycles. The van der Waals surface area contributed by atoms with Crippen molar-refractivity contribution in [1.29, 1.82) is 0 Å². The molecule has 0 atom stereocenters. The zero-order chi connectivity index (χ0) is 12.7. The molecule has 2 heterocycles. The monoisotopic (exact) mass is 298 g/mol. The van der Waals surface area contributed by atoms with Gasteiger partial charge in [0.25, 0.3) is 0 Å². The van der Waals surface area contributed by atoms with Crippen LogP contribution < -0.4 is 0 Å². The van der Waals surface area contributed by atoms with Crippen LogP contribution in [-0.2, 0) is 0 Å². The fourth-order valence-electron chi connectivity index (χ4n) is 1.68. The molecule has 1 aromatic carbocycles. The quantitative estimate of drug-likeness (QED) is 0.687. The summed E-state index contributed by atoms with van der Waals surface area (Å²) in [6.45, 7) is 0. The Balaban J connectivity index is 2.29. The second kappa shape index (κ2) is 4.39. The molecule has 7 heteroatoms. The van der Waals surface area contributed by atoms with Gasteiger partial charge in [0.05, 0.1) is 0 Å². The molecular formula is C11H5Cl3N4. The lowest BCUT2D eigenvalue weighted by atomic mass is 10.2. The lowest BCUT2D eigenvalue weighted by Crippen LogP contribution is -1.91. The van der Waals surface area contributed by atoms with E-state index in [0.717, 1.165) is 5.56 Å².